The van der Waals surface area contributed by atoms with Gasteiger partial charge in [0.1, 0.15) is 0 Å². The summed E-state index contributed by atoms with van der Waals surface area (Å²) in [6.45, 7) is 3.45. The van der Waals surface area contributed by atoms with Crippen LogP contribution >= 0.6 is 12.4 Å². The number of hydrogen-bond acceptors (Lipinski definition) is 2. The van der Waals surface area contributed by atoms with Crippen molar-refractivity contribution in [3.63, 3.8) is 0 Å². The summed E-state index contributed by atoms with van der Waals surface area (Å²) in [6, 6.07) is 3.70. The van der Waals surface area contributed by atoms with Crippen molar-refractivity contribution in [2.45, 2.75) is 6.04 Å². The normalized spacial score (nSPS) is 11.5. The van der Waals surface area contributed by atoms with E-state index in [9.17, 15) is 9.50 Å². The molecule has 1 aromatic carbocycles. The van der Waals surface area contributed by atoms with Gasteiger partial charge in [0, 0.05) is 5.56 Å². The van der Waals surface area contributed by atoms with Gasteiger partial charge in [0.2, 0.25) is 0 Å². The van der Waals surface area contributed by atoms with Gasteiger partial charge in [0.25, 0.3) is 0 Å². The lowest BCUT2D eigenvalue weighted by Crippen LogP contribution is -2.06. The smallest absolute Gasteiger partial charge is 0.165 e. The molecule has 1 rings (SSSR count). The average molecular weight is 204 g/mol. The van der Waals surface area contributed by atoms with Crippen LogP contribution < -0.4 is 5.73 Å². The standard InChI is InChI=1S/C9H10FNO.ClH/c1-2-8(11)6-4-3-5-7(10)9(6)12;/h2-5,8,12H,1,11H2;1H/t8-;/m0./s1. The summed E-state index contributed by atoms with van der Waals surface area (Å²) in [7, 11) is 0. The maximum atomic E-state index is 12.7. The Morgan fingerprint density at radius 1 is 1.54 bits per heavy atom. The molecule has 0 saturated carbocycles. The van der Waals surface area contributed by atoms with Crippen LogP contribution in [0.3, 0.4) is 0 Å². The third-order valence-electron chi connectivity index (χ3n) is 1.63. The second-order valence-corrected chi connectivity index (χ2v) is 2.44. The van der Waals surface area contributed by atoms with Gasteiger partial charge in [-0.2, -0.15) is 0 Å². The summed E-state index contributed by atoms with van der Waals surface area (Å²) in [5, 5.41) is 9.20. The maximum Gasteiger partial charge on any atom is 0.165 e. The van der Waals surface area contributed by atoms with Crippen LogP contribution in [0.15, 0.2) is 30.9 Å². The Morgan fingerprint density at radius 3 is 2.69 bits per heavy atom. The second kappa shape index (κ2) is 4.84. The molecule has 0 heterocycles. The van der Waals surface area contributed by atoms with E-state index in [0.29, 0.717) is 5.56 Å². The first-order valence-electron chi connectivity index (χ1n) is 3.52. The minimum atomic E-state index is -0.662. The molecule has 4 heteroatoms. The van der Waals surface area contributed by atoms with E-state index in [1.807, 2.05) is 0 Å². The zero-order valence-corrected chi connectivity index (χ0v) is 7.72. The first-order chi connectivity index (χ1) is 5.66. The predicted octanol–water partition coefficient (Wildman–Crippen LogP) is 2.14. The van der Waals surface area contributed by atoms with E-state index in [1.165, 1.54) is 18.2 Å². The van der Waals surface area contributed by atoms with Crippen LogP contribution in [0.1, 0.15) is 11.6 Å². The van der Waals surface area contributed by atoms with Gasteiger partial charge in [0.15, 0.2) is 11.6 Å². The highest BCUT2D eigenvalue weighted by atomic mass is 35.5. The zero-order valence-electron chi connectivity index (χ0n) is 6.90. The Hall–Kier alpha value is -1.06. The number of para-hydroxylation sites is 1. The Kier molecular flexibility index (Phi) is 4.45. The average Bonchev–Trinajstić information content (AvgIpc) is 2.08. The molecular weight excluding hydrogens is 193 g/mol. The zero-order chi connectivity index (χ0) is 9.14. The van der Waals surface area contributed by atoms with Crippen molar-refractivity contribution < 1.29 is 9.50 Å². The van der Waals surface area contributed by atoms with Crippen molar-refractivity contribution >= 4 is 12.4 Å². The van der Waals surface area contributed by atoms with Crippen LogP contribution in [0.2, 0.25) is 0 Å². The highest BCUT2D eigenvalue weighted by Crippen LogP contribution is 2.25. The lowest BCUT2D eigenvalue weighted by atomic mass is 10.1. The van der Waals surface area contributed by atoms with Crippen LogP contribution in [0.25, 0.3) is 0 Å². The van der Waals surface area contributed by atoms with Crippen molar-refractivity contribution in [3.05, 3.63) is 42.2 Å². The van der Waals surface area contributed by atoms with E-state index < -0.39 is 17.6 Å². The molecular formula is C9H11ClFNO. The maximum absolute atomic E-state index is 12.7. The van der Waals surface area contributed by atoms with Gasteiger partial charge in [-0.25, -0.2) is 4.39 Å². The third-order valence-corrected chi connectivity index (χ3v) is 1.63. The topological polar surface area (TPSA) is 46.2 Å². The van der Waals surface area contributed by atoms with E-state index >= 15 is 0 Å². The molecule has 1 atom stereocenters. The molecule has 0 bridgehead atoms. The Bertz CT molecular complexity index is 304. The second-order valence-electron chi connectivity index (χ2n) is 2.44. The number of aromatic hydroxyl groups is 1. The third kappa shape index (κ3) is 2.44. The summed E-state index contributed by atoms with van der Waals surface area (Å²) in [5.74, 6) is -1.06. The summed E-state index contributed by atoms with van der Waals surface area (Å²) < 4.78 is 12.7. The van der Waals surface area contributed by atoms with Gasteiger partial charge in [-0.1, -0.05) is 18.2 Å². The number of phenols is 1. The molecule has 1 aromatic rings. The van der Waals surface area contributed by atoms with Gasteiger partial charge < -0.3 is 10.8 Å². The first kappa shape index (κ1) is 11.9. The van der Waals surface area contributed by atoms with E-state index in [0.717, 1.165) is 0 Å². The van der Waals surface area contributed by atoms with Crippen molar-refractivity contribution in [1.82, 2.24) is 0 Å². The van der Waals surface area contributed by atoms with Crippen molar-refractivity contribution in [2.24, 2.45) is 5.73 Å². The van der Waals surface area contributed by atoms with E-state index in [1.54, 1.807) is 6.07 Å². The molecule has 0 saturated heterocycles. The minimum absolute atomic E-state index is 0. The molecule has 0 aliphatic heterocycles. The molecule has 0 unspecified atom stereocenters. The lowest BCUT2D eigenvalue weighted by Gasteiger charge is -2.08. The number of halogens is 2. The molecule has 13 heavy (non-hydrogen) atoms. The molecule has 0 aliphatic carbocycles. The molecule has 0 spiro atoms. The van der Waals surface area contributed by atoms with Gasteiger partial charge >= 0.3 is 0 Å². The largest absolute Gasteiger partial charge is 0.505 e. The molecule has 0 aliphatic rings. The Balaban J connectivity index is 0.00000144. The number of nitrogens with two attached hydrogens (primary N) is 1. The summed E-state index contributed by atoms with van der Waals surface area (Å²) >= 11 is 0. The first-order valence-corrected chi connectivity index (χ1v) is 3.52. The van der Waals surface area contributed by atoms with Crippen LogP contribution in [0.5, 0.6) is 5.75 Å². The summed E-state index contributed by atoms with van der Waals surface area (Å²) in [5.41, 5.74) is 5.87. The Morgan fingerprint density at radius 2 is 2.15 bits per heavy atom. The molecule has 0 aromatic heterocycles. The highest BCUT2D eigenvalue weighted by Gasteiger charge is 2.10. The number of rotatable bonds is 2. The van der Waals surface area contributed by atoms with E-state index in [-0.39, 0.29) is 12.4 Å². The molecule has 0 fully saturated rings. The molecule has 2 nitrogen and oxygen atoms in total. The lowest BCUT2D eigenvalue weighted by molar-refractivity contribution is 0.424. The number of hydrogen-bond donors (Lipinski definition) is 2. The fourth-order valence-corrected chi connectivity index (χ4v) is 0.928. The van der Waals surface area contributed by atoms with Crippen molar-refractivity contribution in [2.75, 3.05) is 0 Å². The molecule has 0 amide bonds. The Labute approximate surface area is 82.3 Å². The highest BCUT2D eigenvalue weighted by molar-refractivity contribution is 5.85. The fraction of sp³-hybridized carbons (Fsp3) is 0.111. The fourth-order valence-electron chi connectivity index (χ4n) is 0.928. The molecule has 3 N–H and O–H groups in total. The van der Waals surface area contributed by atoms with E-state index in [4.69, 9.17) is 5.73 Å². The quantitative estimate of drug-likeness (QED) is 0.724. The predicted molar refractivity (Wildman–Crippen MR) is 52.4 cm³/mol. The van der Waals surface area contributed by atoms with Gasteiger partial charge in [0.05, 0.1) is 6.04 Å². The van der Waals surface area contributed by atoms with Crippen molar-refractivity contribution in [3.8, 4) is 5.75 Å². The van der Waals surface area contributed by atoms with Gasteiger partial charge in [-0.3, -0.25) is 0 Å². The van der Waals surface area contributed by atoms with Gasteiger partial charge in [-0.05, 0) is 6.07 Å². The van der Waals surface area contributed by atoms with Gasteiger partial charge in [-0.15, -0.1) is 19.0 Å². The number of benzene rings is 1. The van der Waals surface area contributed by atoms with Crippen LogP contribution in [0, 0.1) is 5.82 Å². The monoisotopic (exact) mass is 203 g/mol. The SMILES string of the molecule is C=C[C@H](N)c1cccc(F)c1O.Cl. The van der Waals surface area contributed by atoms with E-state index in [2.05, 4.69) is 6.58 Å². The summed E-state index contributed by atoms with van der Waals surface area (Å²) in [4.78, 5) is 0. The van der Waals surface area contributed by atoms with Crippen LogP contribution in [0.4, 0.5) is 4.39 Å². The summed E-state index contributed by atoms with van der Waals surface area (Å²) in [6.07, 6.45) is 1.44. The number of phenolic OH excluding ortho intramolecular Hbond substituents is 1. The van der Waals surface area contributed by atoms with Crippen molar-refractivity contribution in [1.29, 1.82) is 0 Å². The molecule has 72 valence electrons. The molecule has 0 radical (unpaired) electrons. The van der Waals surface area contributed by atoms with Crippen LogP contribution in [-0.2, 0) is 0 Å². The van der Waals surface area contributed by atoms with Crippen LogP contribution in [-0.4, -0.2) is 5.11 Å². The minimum Gasteiger partial charge on any atom is -0.505 e.